The van der Waals surface area contributed by atoms with Crippen molar-refractivity contribution in [2.75, 3.05) is 13.2 Å². The summed E-state index contributed by atoms with van der Waals surface area (Å²) in [7, 11) is 0. The van der Waals surface area contributed by atoms with Gasteiger partial charge in [-0.3, -0.25) is 0 Å². The molecule has 0 radical (unpaired) electrons. The Morgan fingerprint density at radius 3 is 2.51 bits per heavy atom. The molecule has 41 heavy (non-hydrogen) atoms. The lowest BCUT2D eigenvalue weighted by Gasteiger charge is -2.58. The number of hydrogen-bond acceptors (Lipinski definition) is 8. The summed E-state index contributed by atoms with van der Waals surface area (Å²) in [6, 6.07) is 0. The first-order valence-corrected chi connectivity index (χ1v) is 16.5. The van der Waals surface area contributed by atoms with Crippen LogP contribution in [0.25, 0.3) is 0 Å². The number of fused-ring (bicyclic) bond motifs is 7. The Kier molecular flexibility index (Phi) is 7.27. The third-order valence-corrected chi connectivity index (χ3v) is 13.5. The highest BCUT2D eigenvalue weighted by Gasteiger charge is 2.68. The van der Waals surface area contributed by atoms with E-state index in [1.807, 2.05) is 0 Å². The minimum atomic E-state index is -1.41. The van der Waals surface area contributed by atoms with Crippen LogP contribution in [0.4, 0.5) is 0 Å². The van der Waals surface area contributed by atoms with E-state index in [1.54, 1.807) is 0 Å². The molecule has 1 spiro atoms. The molecule has 4 aliphatic carbocycles. The van der Waals surface area contributed by atoms with Gasteiger partial charge in [0.1, 0.15) is 24.4 Å². The van der Waals surface area contributed by atoms with E-state index in [1.165, 1.54) is 24.8 Å². The molecular weight excluding hydrogens is 524 g/mol. The summed E-state index contributed by atoms with van der Waals surface area (Å²) < 4.78 is 25.3. The lowest BCUT2D eigenvalue weighted by Crippen LogP contribution is -2.60. The van der Waals surface area contributed by atoms with E-state index >= 15 is 0 Å². The monoisotopic (exact) mass is 576 g/mol. The van der Waals surface area contributed by atoms with Gasteiger partial charge >= 0.3 is 0 Å². The number of ether oxygens (including phenoxy) is 4. The van der Waals surface area contributed by atoms with Crippen LogP contribution < -0.4 is 0 Å². The second-order valence-corrected chi connectivity index (χ2v) is 15.5. The molecule has 8 nitrogen and oxygen atoms in total. The van der Waals surface area contributed by atoms with Crippen molar-refractivity contribution in [1.82, 2.24) is 0 Å². The van der Waals surface area contributed by atoms with Gasteiger partial charge < -0.3 is 39.4 Å². The molecule has 232 valence electrons. The lowest BCUT2D eigenvalue weighted by molar-refractivity contribution is -0.313. The minimum absolute atomic E-state index is 0.129. The third-order valence-electron chi connectivity index (χ3n) is 13.5. The maximum absolute atomic E-state index is 10.5. The Balaban J connectivity index is 1.05. The normalized spacial score (nSPS) is 58.3. The summed E-state index contributed by atoms with van der Waals surface area (Å²) in [5, 5.41) is 40.4. The average Bonchev–Trinajstić information content (AvgIpc) is 3.40. The molecule has 7 aliphatic rings. The van der Waals surface area contributed by atoms with Crippen LogP contribution in [0.5, 0.6) is 0 Å². The SMILES string of the molecule is C[C@@H]1CC[C@@]2(OC1)O[C@H]1C[C@H]3[C@@H]4CC=C5CC(O[C@@H]6O[C@H](CO)[C@@H](O)[C@H](O)[C@H]6O)CC[C@]5(C)[C@H]4CC[C@]3(C)[C@H]1[C@@H]2C. The molecule has 6 fully saturated rings. The van der Waals surface area contributed by atoms with Crippen molar-refractivity contribution in [3.05, 3.63) is 11.6 Å². The van der Waals surface area contributed by atoms with E-state index in [2.05, 4.69) is 33.8 Å². The first-order valence-electron chi connectivity index (χ1n) is 16.5. The lowest BCUT2D eigenvalue weighted by atomic mass is 9.47. The van der Waals surface area contributed by atoms with E-state index < -0.39 is 37.3 Å². The van der Waals surface area contributed by atoms with Gasteiger partial charge in [-0.05, 0) is 91.8 Å². The number of hydrogen-bond donors (Lipinski definition) is 4. The van der Waals surface area contributed by atoms with Gasteiger partial charge in [-0.25, -0.2) is 0 Å². The molecule has 4 N–H and O–H groups in total. The van der Waals surface area contributed by atoms with Crippen LogP contribution in [-0.4, -0.2) is 82.3 Å². The molecule has 0 bridgehead atoms. The fourth-order valence-corrected chi connectivity index (χ4v) is 11.1. The molecule has 16 atom stereocenters. The topological polar surface area (TPSA) is 118 Å². The van der Waals surface area contributed by atoms with E-state index in [4.69, 9.17) is 18.9 Å². The average molecular weight is 577 g/mol. The second-order valence-electron chi connectivity index (χ2n) is 15.5. The van der Waals surface area contributed by atoms with E-state index in [0.717, 1.165) is 45.1 Å². The number of allylic oxidation sites excluding steroid dienone is 1. The highest BCUT2D eigenvalue weighted by molar-refractivity contribution is 5.26. The standard InChI is InChI=1S/C33H52O8/c1-17-7-12-33(38-16-17)18(2)26-24(41-33)14-23-21-6-5-19-13-20(8-10-31(19,3)22(21)9-11-32(23,26)4)39-30-29(37)28(36)27(35)25(15-34)40-30/h5,17-18,20-30,34-37H,6-16H2,1-4H3/t17-,18+,20?,21-,22+,23+,24+,25-,26+,27-,28+,29-,30-,31+,32+,33-/m1/s1. The Hall–Kier alpha value is -0.580. The van der Waals surface area contributed by atoms with Crippen LogP contribution >= 0.6 is 0 Å². The van der Waals surface area contributed by atoms with Gasteiger partial charge in [-0.1, -0.05) is 39.3 Å². The molecule has 1 unspecified atom stereocenters. The van der Waals surface area contributed by atoms with Crippen LogP contribution in [0.2, 0.25) is 0 Å². The Morgan fingerprint density at radius 2 is 1.78 bits per heavy atom. The van der Waals surface area contributed by atoms with Gasteiger partial charge in [0.05, 0.1) is 25.4 Å². The maximum Gasteiger partial charge on any atom is 0.186 e. The molecular formula is C33H52O8. The summed E-state index contributed by atoms with van der Waals surface area (Å²) in [5.74, 6) is 3.28. The highest BCUT2D eigenvalue weighted by Crippen LogP contribution is 2.70. The Labute approximate surface area is 244 Å². The summed E-state index contributed by atoms with van der Waals surface area (Å²) in [5.41, 5.74) is 1.91. The van der Waals surface area contributed by atoms with Crippen LogP contribution in [0.15, 0.2) is 11.6 Å². The van der Waals surface area contributed by atoms with Crippen LogP contribution in [0, 0.1) is 46.3 Å². The smallest absolute Gasteiger partial charge is 0.186 e. The molecule has 0 aromatic carbocycles. The highest BCUT2D eigenvalue weighted by atomic mass is 16.7. The Morgan fingerprint density at radius 1 is 0.976 bits per heavy atom. The molecule has 7 rings (SSSR count). The van der Waals surface area contributed by atoms with Gasteiger partial charge in [0, 0.05) is 12.3 Å². The van der Waals surface area contributed by atoms with E-state index in [9.17, 15) is 20.4 Å². The minimum Gasteiger partial charge on any atom is -0.394 e. The summed E-state index contributed by atoms with van der Waals surface area (Å²) >= 11 is 0. The molecule has 0 aromatic heterocycles. The molecule has 8 heteroatoms. The molecule has 3 saturated carbocycles. The zero-order chi connectivity index (χ0) is 28.9. The molecule has 0 aromatic rings. The zero-order valence-corrected chi connectivity index (χ0v) is 25.3. The molecule has 3 saturated heterocycles. The predicted octanol–water partition coefficient (Wildman–Crippen LogP) is 3.54. The van der Waals surface area contributed by atoms with Gasteiger partial charge in [0.2, 0.25) is 0 Å². The predicted molar refractivity (Wildman–Crippen MR) is 150 cm³/mol. The largest absolute Gasteiger partial charge is 0.394 e. The first-order chi connectivity index (χ1) is 19.5. The third kappa shape index (κ3) is 4.29. The van der Waals surface area contributed by atoms with Crippen LogP contribution in [-0.2, 0) is 18.9 Å². The van der Waals surface area contributed by atoms with Crippen molar-refractivity contribution in [2.45, 2.75) is 134 Å². The zero-order valence-electron chi connectivity index (χ0n) is 25.3. The first kappa shape index (κ1) is 29.1. The van der Waals surface area contributed by atoms with Crippen molar-refractivity contribution < 1.29 is 39.4 Å². The Bertz CT molecular complexity index is 1020. The number of aliphatic hydroxyl groups excluding tert-OH is 4. The van der Waals surface area contributed by atoms with Crippen molar-refractivity contribution in [3.63, 3.8) is 0 Å². The van der Waals surface area contributed by atoms with Crippen molar-refractivity contribution in [3.8, 4) is 0 Å². The number of rotatable bonds is 3. The van der Waals surface area contributed by atoms with Gasteiger partial charge in [-0.2, -0.15) is 0 Å². The van der Waals surface area contributed by atoms with Gasteiger partial charge in [0.15, 0.2) is 12.1 Å². The summed E-state index contributed by atoms with van der Waals surface area (Å²) in [4.78, 5) is 0. The van der Waals surface area contributed by atoms with Crippen molar-refractivity contribution in [1.29, 1.82) is 0 Å². The van der Waals surface area contributed by atoms with Crippen molar-refractivity contribution >= 4 is 0 Å². The fraction of sp³-hybridized carbons (Fsp3) is 0.939. The van der Waals surface area contributed by atoms with Crippen LogP contribution in [0.3, 0.4) is 0 Å². The quantitative estimate of drug-likeness (QED) is 0.377. The van der Waals surface area contributed by atoms with E-state index in [-0.39, 0.29) is 17.3 Å². The van der Waals surface area contributed by atoms with Crippen LogP contribution in [0.1, 0.15) is 85.5 Å². The molecule has 3 heterocycles. The summed E-state index contributed by atoms with van der Waals surface area (Å²) in [6.45, 7) is 10.1. The second kappa shape index (κ2) is 10.2. The van der Waals surface area contributed by atoms with E-state index in [0.29, 0.717) is 47.0 Å². The van der Waals surface area contributed by atoms with Gasteiger partial charge in [-0.15, -0.1) is 0 Å². The number of aliphatic hydroxyl groups is 4. The maximum atomic E-state index is 10.5. The molecule has 3 aliphatic heterocycles. The fourth-order valence-electron chi connectivity index (χ4n) is 11.1. The molecule has 0 amide bonds. The van der Waals surface area contributed by atoms with Crippen molar-refractivity contribution in [2.24, 2.45) is 46.3 Å². The van der Waals surface area contributed by atoms with Gasteiger partial charge in [0.25, 0.3) is 0 Å². The summed E-state index contributed by atoms with van der Waals surface area (Å²) in [6.07, 6.45) is 6.24.